The molecule has 0 aliphatic carbocycles. The Bertz CT molecular complexity index is 533. The summed E-state index contributed by atoms with van der Waals surface area (Å²) < 4.78 is 5.52. The highest BCUT2D eigenvalue weighted by molar-refractivity contribution is 6.32. The Labute approximate surface area is 140 Å². The van der Waals surface area contributed by atoms with E-state index in [1.54, 1.807) is 12.1 Å². The first-order valence-corrected chi connectivity index (χ1v) is 8.21. The van der Waals surface area contributed by atoms with Crippen molar-refractivity contribution in [1.82, 2.24) is 16.0 Å². The molecule has 0 spiro atoms. The topological polar surface area (TPSA) is 79.5 Å². The number of halogens is 1. The SMILES string of the molecule is O=C(NCCCOc1ccccc1Cl)NC(=O)C1CCNCC1. The largest absolute Gasteiger partial charge is 0.492 e. The molecular weight excluding hydrogens is 318 g/mol. The molecule has 0 aromatic heterocycles. The van der Waals surface area contributed by atoms with Crippen molar-refractivity contribution >= 4 is 23.5 Å². The Morgan fingerprint density at radius 1 is 1.26 bits per heavy atom. The van der Waals surface area contributed by atoms with Crippen LogP contribution in [0.4, 0.5) is 4.79 Å². The minimum atomic E-state index is -0.453. The number of benzene rings is 1. The van der Waals surface area contributed by atoms with Gasteiger partial charge in [-0.1, -0.05) is 23.7 Å². The van der Waals surface area contributed by atoms with Crippen LogP contribution in [0.1, 0.15) is 19.3 Å². The third-order valence-corrected chi connectivity index (χ3v) is 3.96. The lowest BCUT2D eigenvalue weighted by atomic mass is 9.97. The standard InChI is InChI=1S/C16H22ClN3O3/c17-13-4-1-2-5-14(13)23-11-3-8-19-16(22)20-15(21)12-6-9-18-10-7-12/h1-2,4-5,12,18H,3,6-11H2,(H2,19,20,21,22). The maximum absolute atomic E-state index is 11.9. The maximum Gasteiger partial charge on any atom is 0.321 e. The van der Waals surface area contributed by atoms with Gasteiger partial charge in [0, 0.05) is 12.5 Å². The molecule has 0 bridgehead atoms. The number of amides is 3. The van der Waals surface area contributed by atoms with Gasteiger partial charge in [-0.2, -0.15) is 0 Å². The highest BCUT2D eigenvalue weighted by atomic mass is 35.5. The van der Waals surface area contributed by atoms with Crippen molar-refractivity contribution in [2.75, 3.05) is 26.2 Å². The van der Waals surface area contributed by atoms with Gasteiger partial charge in [0.2, 0.25) is 5.91 Å². The average molecular weight is 340 g/mol. The minimum Gasteiger partial charge on any atom is -0.492 e. The lowest BCUT2D eigenvalue weighted by Crippen LogP contribution is -2.45. The van der Waals surface area contributed by atoms with E-state index in [2.05, 4.69) is 16.0 Å². The summed E-state index contributed by atoms with van der Waals surface area (Å²) in [5, 5.41) is 8.79. The van der Waals surface area contributed by atoms with E-state index in [1.165, 1.54) is 0 Å². The fourth-order valence-electron chi connectivity index (χ4n) is 2.36. The molecule has 7 heteroatoms. The maximum atomic E-state index is 11.9. The highest BCUT2D eigenvalue weighted by Gasteiger charge is 2.22. The summed E-state index contributed by atoms with van der Waals surface area (Å²) in [4.78, 5) is 23.5. The van der Waals surface area contributed by atoms with Crippen LogP contribution in [0.25, 0.3) is 0 Å². The zero-order chi connectivity index (χ0) is 16.5. The second kappa shape index (κ2) is 9.37. The molecule has 1 aliphatic rings. The lowest BCUT2D eigenvalue weighted by Gasteiger charge is -2.21. The van der Waals surface area contributed by atoms with Crippen LogP contribution in [0.3, 0.4) is 0 Å². The van der Waals surface area contributed by atoms with Gasteiger partial charge in [0.05, 0.1) is 11.6 Å². The van der Waals surface area contributed by atoms with Crippen molar-refractivity contribution in [3.05, 3.63) is 29.3 Å². The Hall–Kier alpha value is -1.79. The summed E-state index contributed by atoms with van der Waals surface area (Å²) in [6, 6.07) is 6.78. The van der Waals surface area contributed by atoms with E-state index in [-0.39, 0.29) is 11.8 Å². The van der Waals surface area contributed by atoms with E-state index in [0.29, 0.717) is 30.3 Å². The van der Waals surface area contributed by atoms with Gasteiger partial charge in [-0.15, -0.1) is 0 Å². The summed E-state index contributed by atoms with van der Waals surface area (Å²) in [6.07, 6.45) is 2.16. The quantitative estimate of drug-likeness (QED) is 0.692. The molecule has 1 saturated heterocycles. The van der Waals surface area contributed by atoms with Crippen LogP contribution in [-0.2, 0) is 4.79 Å². The van der Waals surface area contributed by atoms with Gasteiger partial charge in [-0.3, -0.25) is 10.1 Å². The fourth-order valence-corrected chi connectivity index (χ4v) is 2.55. The van der Waals surface area contributed by atoms with Gasteiger partial charge in [0.25, 0.3) is 0 Å². The minimum absolute atomic E-state index is 0.0782. The van der Waals surface area contributed by atoms with Crippen molar-refractivity contribution in [1.29, 1.82) is 0 Å². The molecule has 1 aromatic rings. The molecule has 0 saturated carbocycles. The summed E-state index contributed by atoms with van der Waals surface area (Å²) in [6.45, 7) is 2.50. The number of nitrogens with one attached hydrogen (secondary N) is 3. The van der Waals surface area contributed by atoms with E-state index < -0.39 is 6.03 Å². The molecule has 3 amide bonds. The third-order valence-electron chi connectivity index (χ3n) is 3.65. The van der Waals surface area contributed by atoms with Crippen molar-refractivity contribution in [3.8, 4) is 5.75 Å². The summed E-state index contributed by atoms with van der Waals surface area (Å²) in [7, 11) is 0. The van der Waals surface area contributed by atoms with Crippen LogP contribution in [-0.4, -0.2) is 38.2 Å². The van der Waals surface area contributed by atoms with Crippen molar-refractivity contribution in [2.45, 2.75) is 19.3 Å². The van der Waals surface area contributed by atoms with Gasteiger partial charge < -0.3 is 15.4 Å². The van der Waals surface area contributed by atoms with Crippen molar-refractivity contribution in [2.24, 2.45) is 5.92 Å². The molecule has 0 unspecified atom stereocenters. The number of para-hydroxylation sites is 1. The normalized spacial score (nSPS) is 15.0. The van der Waals surface area contributed by atoms with Crippen LogP contribution in [0.15, 0.2) is 24.3 Å². The molecule has 0 atom stereocenters. The lowest BCUT2D eigenvalue weighted by molar-refractivity contribution is -0.124. The van der Waals surface area contributed by atoms with Crippen molar-refractivity contribution in [3.63, 3.8) is 0 Å². The Morgan fingerprint density at radius 3 is 2.74 bits per heavy atom. The number of hydrogen-bond donors (Lipinski definition) is 3. The molecule has 1 aliphatic heterocycles. The second-order valence-corrected chi connectivity index (χ2v) is 5.81. The predicted octanol–water partition coefficient (Wildman–Crippen LogP) is 1.93. The number of urea groups is 1. The average Bonchev–Trinajstić information content (AvgIpc) is 2.57. The van der Waals surface area contributed by atoms with E-state index in [4.69, 9.17) is 16.3 Å². The molecule has 0 radical (unpaired) electrons. The van der Waals surface area contributed by atoms with Crippen molar-refractivity contribution < 1.29 is 14.3 Å². The zero-order valence-electron chi connectivity index (χ0n) is 12.9. The first-order valence-electron chi connectivity index (χ1n) is 7.83. The number of ether oxygens (including phenoxy) is 1. The summed E-state index contributed by atoms with van der Waals surface area (Å²) >= 11 is 5.97. The van der Waals surface area contributed by atoms with Crippen LogP contribution in [0, 0.1) is 5.92 Å². The van der Waals surface area contributed by atoms with Gasteiger partial charge in [0.1, 0.15) is 5.75 Å². The van der Waals surface area contributed by atoms with Gasteiger partial charge >= 0.3 is 6.03 Å². The van der Waals surface area contributed by atoms with Crippen LogP contribution in [0.2, 0.25) is 5.02 Å². The number of rotatable bonds is 6. The molecule has 3 N–H and O–H groups in total. The summed E-state index contributed by atoms with van der Waals surface area (Å²) in [5.74, 6) is 0.349. The molecular formula is C16H22ClN3O3. The summed E-state index contributed by atoms with van der Waals surface area (Å²) in [5.41, 5.74) is 0. The van der Waals surface area contributed by atoms with Crippen LogP contribution >= 0.6 is 11.6 Å². The number of hydrogen-bond acceptors (Lipinski definition) is 4. The first-order chi connectivity index (χ1) is 11.2. The van der Waals surface area contributed by atoms with E-state index in [1.807, 2.05) is 12.1 Å². The van der Waals surface area contributed by atoms with Crippen LogP contribution < -0.4 is 20.7 Å². The third kappa shape index (κ3) is 6.08. The van der Waals surface area contributed by atoms with Crippen LogP contribution in [0.5, 0.6) is 5.75 Å². The Kier molecular flexibility index (Phi) is 7.16. The number of piperidine rings is 1. The Balaban J connectivity index is 1.57. The number of imide groups is 1. The second-order valence-electron chi connectivity index (χ2n) is 5.40. The molecule has 126 valence electrons. The van der Waals surface area contributed by atoms with E-state index >= 15 is 0 Å². The smallest absolute Gasteiger partial charge is 0.321 e. The molecule has 2 rings (SSSR count). The van der Waals surface area contributed by atoms with Gasteiger partial charge in [-0.05, 0) is 44.5 Å². The monoisotopic (exact) mass is 339 g/mol. The first kappa shape index (κ1) is 17.6. The molecule has 1 aromatic carbocycles. The molecule has 1 heterocycles. The molecule has 23 heavy (non-hydrogen) atoms. The zero-order valence-corrected chi connectivity index (χ0v) is 13.7. The van der Waals surface area contributed by atoms with Gasteiger partial charge in [-0.25, -0.2) is 4.79 Å². The Morgan fingerprint density at radius 2 is 2.00 bits per heavy atom. The predicted molar refractivity (Wildman–Crippen MR) is 88.7 cm³/mol. The molecule has 6 nitrogen and oxygen atoms in total. The number of carbonyl (C=O) groups is 2. The fraction of sp³-hybridized carbons (Fsp3) is 0.500. The number of carbonyl (C=O) groups excluding carboxylic acids is 2. The van der Waals surface area contributed by atoms with E-state index in [9.17, 15) is 9.59 Å². The molecule has 1 fully saturated rings. The highest BCUT2D eigenvalue weighted by Crippen LogP contribution is 2.22. The van der Waals surface area contributed by atoms with E-state index in [0.717, 1.165) is 25.9 Å². The van der Waals surface area contributed by atoms with Gasteiger partial charge in [0.15, 0.2) is 0 Å².